The van der Waals surface area contributed by atoms with Gasteiger partial charge in [-0.15, -0.1) is 0 Å². The third kappa shape index (κ3) is 3.53. The van der Waals surface area contributed by atoms with Gasteiger partial charge in [-0.2, -0.15) is 0 Å². The number of rotatable bonds is 5. The first-order chi connectivity index (χ1) is 9.63. The fourth-order valence-electron chi connectivity index (χ4n) is 2.22. The summed E-state index contributed by atoms with van der Waals surface area (Å²) in [4.78, 5) is 11.9. The SMILES string of the molecule is CO[C@@H]1CN[C@@H](C(=O)NCc2ccc(CO)c(F)c2)C1. The van der Waals surface area contributed by atoms with E-state index >= 15 is 0 Å². The van der Waals surface area contributed by atoms with E-state index in [1.165, 1.54) is 12.1 Å². The Balaban J connectivity index is 1.86. The van der Waals surface area contributed by atoms with Crippen LogP contribution in [0.1, 0.15) is 17.5 Å². The molecule has 0 saturated carbocycles. The summed E-state index contributed by atoms with van der Waals surface area (Å²) in [5, 5.41) is 14.7. The lowest BCUT2D eigenvalue weighted by atomic mass is 10.1. The highest BCUT2D eigenvalue weighted by Gasteiger charge is 2.28. The van der Waals surface area contributed by atoms with E-state index in [1.807, 2.05) is 0 Å². The van der Waals surface area contributed by atoms with Gasteiger partial charge in [0.25, 0.3) is 0 Å². The van der Waals surface area contributed by atoms with E-state index in [2.05, 4.69) is 10.6 Å². The number of carbonyl (C=O) groups excluding carboxylic acids is 1. The van der Waals surface area contributed by atoms with Gasteiger partial charge in [0.2, 0.25) is 5.91 Å². The van der Waals surface area contributed by atoms with Crippen molar-refractivity contribution >= 4 is 5.91 Å². The Morgan fingerprint density at radius 3 is 3.00 bits per heavy atom. The van der Waals surface area contributed by atoms with E-state index in [4.69, 9.17) is 9.84 Å². The number of amides is 1. The van der Waals surface area contributed by atoms with Crippen molar-refractivity contribution in [3.8, 4) is 0 Å². The van der Waals surface area contributed by atoms with Gasteiger partial charge in [-0.05, 0) is 18.1 Å². The second-order valence-corrected chi connectivity index (χ2v) is 4.86. The van der Waals surface area contributed by atoms with Crippen LogP contribution in [0.15, 0.2) is 18.2 Å². The summed E-state index contributed by atoms with van der Waals surface area (Å²) in [5.74, 6) is -0.575. The topological polar surface area (TPSA) is 70.6 Å². The highest BCUT2D eigenvalue weighted by Crippen LogP contribution is 2.12. The van der Waals surface area contributed by atoms with Gasteiger partial charge in [-0.25, -0.2) is 4.39 Å². The second kappa shape index (κ2) is 6.78. The van der Waals surface area contributed by atoms with Crippen LogP contribution in [0, 0.1) is 5.82 Å². The molecule has 0 radical (unpaired) electrons. The maximum absolute atomic E-state index is 13.5. The number of hydrogen-bond donors (Lipinski definition) is 3. The van der Waals surface area contributed by atoms with Crippen LogP contribution in [0.25, 0.3) is 0 Å². The average molecular weight is 282 g/mol. The summed E-state index contributed by atoms with van der Waals surface area (Å²) in [5.41, 5.74) is 0.912. The molecule has 1 saturated heterocycles. The predicted octanol–water partition coefficient (Wildman–Crippen LogP) is 0.311. The molecule has 0 aromatic heterocycles. The van der Waals surface area contributed by atoms with E-state index in [0.29, 0.717) is 18.5 Å². The molecule has 1 heterocycles. The molecule has 2 atom stereocenters. The van der Waals surface area contributed by atoms with E-state index in [9.17, 15) is 9.18 Å². The summed E-state index contributed by atoms with van der Waals surface area (Å²) in [7, 11) is 1.62. The maximum atomic E-state index is 13.5. The highest BCUT2D eigenvalue weighted by atomic mass is 19.1. The molecule has 1 aromatic rings. The molecule has 1 aliphatic rings. The molecular weight excluding hydrogens is 263 g/mol. The van der Waals surface area contributed by atoms with Crippen molar-refractivity contribution in [2.75, 3.05) is 13.7 Å². The lowest BCUT2D eigenvalue weighted by Gasteiger charge is -2.11. The van der Waals surface area contributed by atoms with Crippen molar-refractivity contribution in [1.29, 1.82) is 0 Å². The molecule has 0 unspecified atom stereocenters. The second-order valence-electron chi connectivity index (χ2n) is 4.86. The summed E-state index contributed by atoms with van der Waals surface area (Å²) in [6, 6.07) is 4.27. The molecule has 0 bridgehead atoms. The van der Waals surface area contributed by atoms with E-state index in [0.717, 1.165) is 0 Å². The summed E-state index contributed by atoms with van der Waals surface area (Å²) in [6.45, 7) is 0.592. The molecule has 20 heavy (non-hydrogen) atoms. The fraction of sp³-hybridized carbons (Fsp3) is 0.500. The molecule has 1 amide bonds. The first-order valence-electron chi connectivity index (χ1n) is 6.56. The number of aliphatic hydroxyl groups is 1. The van der Waals surface area contributed by atoms with Gasteiger partial charge >= 0.3 is 0 Å². The third-order valence-corrected chi connectivity index (χ3v) is 3.49. The van der Waals surface area contributed by atoms with Crippen molar-refractivity contribution in [2.24, 2.45) is 0 Å². The van der Waals surface area contributed by atoms with Crippen molar-refractivity contribution in [1.82, 2.24) is 10.6 Å². The minimum absolute atomic E-state index is 0.0621. The number of halogens is 1. The van der Waals surface area contributed by atoms with Crippen molar-refractivity contribution in [3.05, 3.63) is 35.1 Å². The predicted molar refractivity (Wildman–Crippen MR) is 71.4 cm³/mol. The Hall–Kier alpha value is -1.50. The van der Waals surface area contributed by atoms with Crippen LogP contribution in [0.5, 0.6) is 0 Å². The number of hydrogen-bond acceptors (Lipinski definition) is 4. The fourth-order valence-corrected chi connectivity index (χ4v) is 2.22. The molecule has 0 aliphatic carbocycles. The molecular formula is C14H19FN2O3. The van der Waals surface area contributed by atoms with E-state index in [-0.39, 0.29) is 36.8 Å². The first-order valence-corrected chi connectivity index (χ1v) is 6.56. The molecule has 1 aliphatic heterocycles. The number of benzene rings is 1. The number of ether oxygens (including phenoxy) is 1. The van der Waals surface area contributed by atoms with Gasteiger partial charge in [-0.1, -0.05) is 12.1 Å². The molecule has 110 valence electrons. The minimum atomic E-state index is -0.460. The zero-order chi connectivity index (χ0) is 14.5. The van der Waals surface area contributed by atoms with Crippen LogP contribution in [0.4, 0.5) is 4.39 Å². The molecule has 1 fully saturated rings. The van der Waals surface area contributed by atoms with Crippen molar-refractivity contribution < 1.29 is 19.0 Å². The van der Waals surface area contributed by atoms with E-state index in [1.54, 1.807) is 13.2 Å². The monoisotopic (exact) mass is 282 g/mol. The quantitative estimate of drug-likeness (QED) is 0.727. The minimum Gasteiger partial charge on any atom is -0.392 e. The zero-order valence-electron chi connectivity index (χ0n) is 11.4. The third-order valence-electron chi connectivity index (χ3n) is 3.49. The molecule has 2 rings (SSSR count). The van der Waals surface area contributed by atoms with Crippen molar-refractivity contribution in [3.63, 3.8) is 0 Å². The summed E-state index contributed by atoms with van der Waals surface area (Å²) < 4.78 is 18.7. The van der Waals surface area contributed by atoms with Gasteiger partial charge in [0.15, 0.2) is 0 Å². The van der Waals surface area contributed by atoms with Crippen molar-refractivity contribution in [2.45, 2.75) is 31.7 Å². The summed E-state index contributed by atoms with van der Waals surface area (Å²) in [6.07, 6.45) is 0.701. The van der Waals surface area contributed by atoms with Gasteiger partial charge in [0.1, 0.15) is 5.82 Å². The van der Waals surface area contributed by atoms with Crippen LogP contribution in [-0.4, -0.2) is 36.8 Å². The first kappa shape index (κ1) is 14.9. The van der Waals surface area contributed by atoms with Gasteiger partial charge < -0.3 is 20.5 Å². The molecule has 1 aromatic carbocycles. The lowest BCUT2D eigenvalue weighted by molar-refractivity contribution is -0.123. The molecule has 6 heteroatoms. The van der Waals surface area contributed by atoms with Gasteiger partial charge in [-0.3, -0.25) is 4.79 Å². The summed E-state index contributed by atoms with van der Waals surface area (Å²) >= 11 is 0. The van der Waals surface area contributed by atoms with Crippen LogP contribution >= 0.6 is 0 Å². The molecule has 0 spiro atoms. The van der Waals surface area contributed by atoms with Gasteiger partial charge in [0.05, 0.1) is 18.8 Å². The largest absolute Gasteiger partial charge is 0.392 e. The smallest absolute Gasteiger partial charge is 0.237 e. The van der Waals surface area contributed by atoms with Crippen LogP contribution in [0.3, 0.4) is 0 Å². The Bertz CT molecular complexity index is 481. The van der Waals surface area contributed by atoms with Crippen LogP contribution in [0.2, 0.25) is 0 Å². The standard InChI is InChI=1S/C14H19FN2O3/c1-20-11-5-13(16-7-11)14(19)17-6-9-2-3-10(8-18)12(15)4-9/h2-4,11,13,16,18H,5-8H2,1H3,(H,17,19)/t11-,13+/m0/s1. The normalized spacial score (nSPS) is 21.9. The van der Waals surface area contributed by atoms with Gasteiger partial charge in [0, 0.05) is 25.8 Å². The van der Waals surface area contributed by atoms with Crippen LogP contribution in [-0.2, 0) is 22.7 Å². The Kier molecular flexibility index (Phi) is 5.05. The maximum Gasteiger partial charge on any atom is 0.237 e. The Labute approximate surface area is 117 Å². The highest BCUT2D eigenvalue weighted by molar-refractivity contribution is 5.82. The van der Waals surface area contributed by atoms with E-state index < -0.39 is 5.82 Å². The average Bonchev–Trinajstić information content (AvgIpc) is 2.94. The number of methoxy groups -OCH3 is 1. The number of carbonyl (C=O) groups is 1. The zero-order valence-corrected chi connectivity index (χ0v) is 11.4. The van der Waals surface area contributed by atoms with Crippen LogP contribution < -0.4 is 10.6 Å². The number of aliphatic hydroxyl groups excluding tert-OH is 1. The molecule has 3 N–H and O–H groups in total. The Morgan fingerprint density at radius 2 is 2.40 bits per heavy atom. The Morgan fingerprint density at radius 1 is 1.60 bits per heavy atom. The number of nitrogens with one attached hydrogen (secondary N) is 2. The molecule has 5 nitrogen and oxygen atoms in total. The lowest BCUT2D eigenvalue weighted by Crippen LogP contribution is -2.40.